The Morgan fingerprint density at radius 1 is 1.27 bits per heavy atom. The summed E-state index contributed by atoms with van der Waals surface area (Å²) in [6.07, 6.45) is -4.76. The second-order valence-corrected chi connectivity index (χ2v) is 4.46. The molecule has 0 saturated heterocycles. The zero-order valence-electron chi connectivity index (χ0n) is 12.0. The molecule has 0 aliphatic carbocycles. The number of nitrogens with one attached hydrogen (secondary N) is 2. The lowest BCUT2D eigenvalue weighted by molar-refractivity contribution is -0.662. The Morgan fingerprint density at radius 3 is 2.36 bits per heavy atom. The Hall–Kier alpha value is -2.29. The normalized spacial score (nSPS) is 12.4. The molecule has 0 unspecified atom stereocenters. The molecule has 0 aliphatic rings. The summed E-state index contributed by atoms with van der Waals surface area (Å²) >= 11 is 0. The van der Waals surface area contributed by atoms with Gasteiger partial charge in [0.25, 0.3) is 11.8 Å². The van der Waals surface area contributed by atoms with Gasteiger partial charge >= 0.3 is 6.36 Å². The summed E-state index contributed by atoms with van der Waals surface area (Å²) in [7, 11) is 1.49. The van der Waals surface area contributed by atoms with E-state index in [0.29, 0.717) is 5.69 Å². The second-order valence-electron chi connectivity index (χ2n) is 4.46. The standard InChI is InChI=1S/C13H16F3N3O3/c1-8(18-7-11(20)17-2)12(21)19-9-3-5-10(6-4-9)22-13(14,15)16/h3-6,8,18H,7H2,1-2H3,(H,17,20)(H,19,21)/p+1/t8-/m1/s1. The number of anilines is 1. The number of hydrogen-bond donors (Lipinski definition) is 3. The van der Waals surface area contributed by atoms with Crippen LogP contribution in [0.2, 0.25) is 0 Å². The Balaban J connectivity index is 2.52. The number of benzene rings is 1. The predicted octanol–water partition coefficient (Wildman–Crippen LogP) is 0.222. The van der Waals surface area contributed by atoms with Crippen LogP contribution >= 0.6 is 0 Å². The monoisotopic (exact) mass is 320 g/mol. The number of carbonyl (C=O) groups excluding carboxylic acids is 2. The molecule has 0 aromatic heterocycles. The van der Waals surface area contributed by atoms with E-state index >= 15 is 0 Å². The average molecular weight is 320 g/mol. The van der Waals surface area contributed by atoms with E-state index in [4.69, 9.17) is 0 Å². The maximum Gasteiger partial charge on any atom is 0.573 e. The van der Waals surface area contributed by atoms with Crippen LogP contribution in [0.1, 0.15) is 6.92 Å². The van der Waals surface area contributed by atoms with E-state index in [1.54, 1.807) is 6.92 Å². The van der Waals surface area contributed by atoms with Crippen molar-refractivity contribution in [2.24, 2.45) is 0 Å². The number of likely N-dealkylation sites (N-methyl/N-ethyl adjacent to an activating group) is 1. The van der Waals surface area contributed by atoms with Gasteiger partial charge in [-0.1, -0.05) is 0 Å². The summed E-state index contributed by atoms with van der Waals surface area (Å²) in [5.74, 6) is -0.952. The summed E-state index contributed by atoms with van der Waals surface area (Å²) in [5, 5.41) is 6.50. The predicted molar refractivity (Wildman–Crippen MR) is 72.1 cm³/mol. The van der Waals surface area contributed by atoms with Crippen molar-refractivity contribution < 1.29 is 32.8 Å². The van der Waals surface area contributed by atoms with Gasteiger partial charge in [-0.15, -0.1) is 13.2 Å². The third-order valence-electron chi connectivity index (χ3n) is 2.70. The highest BCUT2D eigenvalue weighted by atomic mass is 19.4. The highest BCUT2D eigenvalue weighted by molar-refractivity contribution is 5.93. The van der Waals surface area contributed by atoms with Gasteiger partial charge in [0.15, 0.2) is 12.6 Å². The first-order valence-electron chi connectivity index (χ1n) is 6.42. The van der Waals surface area contributed by atoms with Crippen molar-refractivity contribution in [2.75, 3.05) is 18.9 Å². The van der Waals surface area contributed by atoms with Gasteiger partial charge in [0.1, 0.15) is 5.75 Å². The van der Waals surface area contributed by atoms with Crippen LogP contribution in [0.15, 0.2) is 24.3 Å². The van der Waals surface area contributed by atoms with Gasteiger partial charge in [-0.05, 0) is 31.2 Å². The lowest BCUT2D eigenvalue weighted by Gasteiger charge is -2.12. The second kappa shape index (κ2) is 7.64. The van der Waals surface area contributed by atoms with Gasteiger partial charge in [0.05, 0.1) is 0 Å². The minimum atomic E-state index is -4.76. The van der Waals surface area contributed by atoms with Crippen LogP contribution in [0.5, 0.6) is 5.75 Å². The topological polar surface area (TPSA) is 84.0 Å². The Kier molecular flexibility index (Phi) is 6.17. The molecule has 4 N–H and O–H groups in total. The van der Waals surface area contributed by atoms with Crippen LogP contribution in [0.3, 0.4) is 0 Å². The molecule has 1 atom stereocenters. The molecule has 0 aliphatic heterocycles. The van der Waals surface area contributed by atoms with Gasteiger partial charge in [-0.2, -0.15) is 0 Å². The minimum absolute atomic E-state index is 0.101. The van der Waals surface area contributed by atoms with Crippen molar-refractivity contribution in [3.05, 3.63) is 24.3 Å². The third kappa shape index (κ3) is 6.44. The molecule has 122 valence electrons. The first kappa shape index (κ1) is 17.8. The van der Waals surface area contributed by atoms with E-state index in [2.05, 4.69) is 15.4 Å². The molecular formula is C13H17F3N3O3+. The van der Waals surface area contributed by atoms with Crippen molar-refractivity contribution >= 4 is 17.5 Å². The van der Waals surface area contributed by atoms with Crippen molar-refractivity contribution in [1.29, 1.82) is 0 Å². The maximum atomic E-state index is 12.0. The number of alkyl halides is 3. The molecule has 0 spiro atoms. The first-order valence-corrected chi connectivity index (χ1v) is 6.42. The van der Waals surface area contributed by atoms with Gasteiger partial charge in [-0.25, -0.2) is 0 Å². The third-order valence-corrected chi connectivity index (χ3v) is 2.70. The van der Waals surface area contributed by atoms with Crippen LogP contribution < -0.4 is 20.7 Å². The molecule has 2 amide bonds. The molecule has 0 bridgehead atoms. The van der Waals surface area contributed by atoms with Gasteiger partial charge in [0.2, 0.25) is 0 Å². The number of quaternary nitrogens is 1. The number of amides is 2. The van der Waals surface area contributed by atoms with Crippen molar-refractivity contribution in [3.8, 4) is 5.75 Å². The van der Waals surface area contributed by atoms with Crippen LogP contribution in [0, 0.1) is 0 Å². The molecular weight excluding hydrogens is 303 g/mol. The van der Waals surface area contributed by atoms with E-state index in [1.165, 1.54) is 24.5 Å². The van der Waals surface area contributed by atoms with Crippen LogP contribution in [-0.4, -0.2) is 37.8 Å². The fourth-order valence-electron chi connectivity index (χ4n) is 1.49. The van der Waals surface area contributed by atoms with Crippen LogP contribution in [0.4, 0.5) is 18.9 Å². The maximum absolute atomic E-state index is 12.0. The Labute approximate surface area is 125 Å². The molecule has 0 radical (unpaired) electrons. The number of carbonyl (C=O) groups is 2. The van der Waals surface area contributed by atoms with Crippen LogP contribution in [0.25, 0.3) is 0 Å². The zero-order chi connectivity index (χ0) is 16.8. The molecule has 22 heavy (non-hydrogen) atoms. The van der Waals surface area contributed by atoms with E-state index in [9.17, 15) is 22.8 Å². The lowest BCUT2D eigenvalue weighted by atomic mass is 10.2. The Bertz CT molecular complexity index is 518. The number of ether oxygens (including phenoxy) is 1. The van der Waals surface area contributed by atoms with Gasteiger partial charge < -0.3 is 20.7 Å². The van der Waals surface area contributed by atoms with E-state index < -0.39 is 12.4 Å². The Morgan fingerprint density at radius 2 is 1.86 bits per heavy atom. The molecule has 9 heteroatoms. The van der Waals surface area contributed by atoms with E-state index in [-0.39, 0.29) is 24.1 Å². The molecule has 0 saturated carbocycles. The van der Waals surface area contributed by atoms with Gasteiger partial charge in [0, 0.05) is 12.7 Å². The van der Waals surface area contributed by atoms with E-state index in [1.807, 2.05) is 0 Å². The highest BCUT2D eigenvalue weighted by Crippen LogP contribution is 2.23. The summed E-state index contributed by atoms with van der Waals surface area (Å²) in [6, 6.07) is 4.27. The summed E-state index contributed by atoms with van der Waals surface area (Å²) < 4.78 is 39.7. The fourth-order valence-corrected chi connectivity index (χ4v) is 1.49. The SMILES string of the molecule is CNC(=O)C[NH2+][C@H](C)C(=O)Nc1ccc(OC(F)(F)F)cc1. The average Bonchev–Trinajstić information content (AvgIpc) is 2.44. The molecule has 1 aromatic carbocycles. The van der Waals surface area contributed by atoms with E-state index in [0.717, 1.165) is 12.1 Å². The summed E-state index contributed by atoms with van der Waals surface area (Å²) in [6.45, 7) is 1.71. The molecule has 1 aromatic rings. The molecule has 1 rings (SSSR count). The van der Waals surface area contributed by atoms with Gasteiger partial charge in [-0.3, -0.25) is 9.59 Å². The smallest absolute Gasteiger partial charge is 0.406 e. The number of halogens is 3. The van der Waals surface area contributed by atoms with Crippen molar-refractivity contribution in [3.63, 3.8) is 0 Å². The largest absolute Gasteiger partial charge is 0.573 e. The number of nitrogens with two attached hydrogens (primary N) is 1. The summed E-state index contributed by atoms with van der Waals surface area (Å²) in [4.78, 5) is 22.9. The quantitative estimate of drug-likeness (QED) is 0.701. The zero-order valence-corrected chi connectivity index (χ0v) is 12.0. The van der Waals surface area contributed by atoms with Crippen molar-refractivity contribution in [1.82, 2.24) is 5.32 Å². The molecule has 0 fully saturated rings. The number of rotatable bonds is 6. The fraction of sp³-hybridized carbons (Fsp3) is 0.385. The minimum Gasteiger partial charge on any atom is -0.406 e. The van der Waals surface area contributed by atoms with Crippen molar-refractivity contribution in [2.45, 2.75) is 19.3 Å². The molecule has 6 nitrogen and oxygen atoms in total. The first-order chi connectivity index (χ1) is 10.2. The molecule has 0 heterocycles. The summed E-state index contributed by atoms with van der Waals surface area (Å²) in [5.41, 5.74) is 0.333. The van der Waals surface area contributed by atoms with Crippen LogP contribution in [-0.2, 0) is 9.59 Å². The highest BCUT2D eigenvalue weighted by Gasteiger charge is 2.31. The number of hydrogen-bond acceptors (Lipinski definition) is 3. The lowest BCUT2D eigenvalue weighted by Crippen LogP contribution is -2.93.